The molecule has 0 saturated carbocycles. The standard InChI is InChI=1S/C20H28N4O.C20H25N3O2.C8H12N2/c1-4-24(5-2)20(25)22-14-10-16-15-7-6-8-17-19(15)13(11-21-17)9-18(16)23(3)12-14;1-3-14(11-24)22-20(25)13-7-16-15-5-4-6-17-19(15)12(9-21-17)8-18(16)23(2)10-13;1-9-7-5-8-4-2-3-6-10-8/h6-8,11,14,16,18,21H,4-5,9-10,12H2,1-3H3,(H,22,25);4-7,9,13-14,18,21,24H,3,8,10-11H2,1-2H3,(H,22,25);2-4,6,9H,5,7H2,1H3/t14-,16+,18+;13-,14+,18-;/m01./s1. The van der Waals surface area contributed by atoms with Crippen LogP contribution in [0.1, 0.15) is 67.5 Å². The Morgan fingerprint density at radius 2 is 1.65 bits per heavy atom. The normalized spacial score (nSPS) is 22.2. The molecule has 4 aliphatic rings. The van der Waals surface area contributed by atoms with Gasteiger partial charge in [0.05, 0.1) is 18.6 Å². The fourth-order valence-electron chi connectivity index (χ4n) is 9.82. The number of hydrogen-bond acceptors (Lipinski definition) is 7. The molecule has 5 heterocycles. The number of aliphatic hydroxyl groups excluding tert-OH is 1. The van der Waals surface area contributed by atoms with E-state index in [1.165, 1.54) is 44.1 Å². The van der Waals surface area contributed by atoms with Gasteiger partial charge in [-0.25, -0.2) is 4.79 Å². The summed E-state index contributed by atoms with van der Waals surface area (Å²) < 4.78 is 0. The van der Waals surface area contributed by atoms with Gasteiger partial charge >= 0.3 is 6.03 Å². The van der Waals surface area contributed by atoms with Gasteiger partial charge < -0.3 is 40.8 Å². The smallest absolute Gasteiger partial charge is 0.317 e. The molecule has 12 nitrogen and oxygen atoms in total. The number of piperidine rings is 1. The highest BCUT2D eigenvalue weighted by Gasteiger charge is 2.40. The molecule has 60 heavy (non-hydrogen) atoms. The number of nitrogens with one attached hydrogen (secondary N) is 5. The van der Waals surface area contributed by atoms with E-state index in [-0.39, 0.29) is 36.5 Å². The van der Waals surface area contributed by atoms with Crippen LogP contribution in [0.25, 0.3) is 27.4 Å². The number of likely N-dealkylation sites (tertiary alicyclic amines) is 1. The number of nitrogens with zero attached hydrogens (tertiary/aromatic N) is 4. The molecule has 1 saturated heterocycles. The maximum absolute atomic E-state index is 12.7. The van der Waals surface area contributed by atoms with Gasteiger partial charge in [-0.3, -0.25) is 14.7 Å². The van der Waals surface area contributed by atoms with Gasteiger partial charge in [0.15, 0.2) is 0 Å². The largest absolute Gasteiger partial charge is 0.394 e. The first-order chi connectivity index (χ1) is 29.2. The van der Waals surface area contributed by atoms with Crippen molar-refractivity contribution in [2.24, 2.45) is 5.92 Å². The summed E-state index contributed by atoms with van der Waals surface area (Å²) >= 11 is 0. The topological polar surface area (TPSA) is 145 Å². The summed E-state index contributed by atoms with van der Waals surface area (Å²) in [6.07, 6.45) is 13.1. The van der Waals surface area contributed by atoms with Crippen LogP contribution in [0.2, 0.25) is 0 Å². The van der Waals surface area contributed by atoms with Gasteiger partial charge in [-0.2, -0.15) is 0 Å². The molecule has 6 N–H and O–H groups in total. The highest BCUT2D eigenvalue weighted by atomic mass is 16.3. The number of carbonyl (C=O) groups is 2. The predicted molar refractivity (Wildman–Crippen MR) is 242 cm³/mol. The van der Waals surface area contributed by atoms with E-state index in [0.29, 0.717) is 24.5 Å². The Hall–Kier alpha value is -5.01. The van der Waals surface area contributed by atoms with Crippen molar-refractivity contribution in [3.63, 3.8) is 0 Å². The number of hydrogen-bond donors (Lipinski definition) is 6. The van der Waals surface area contributed by atoms with E-state index in [4.69, 9.17) is 0 Å². The fraction of sp³-hybridized carbons (Fsp3) is 0.479. The zero-order valence-corrected chi connectivity index (χ0v) is 36.3. The Balaban J connectivity index is 0.000000148. The molecule has 2 aliphatic carbocycles. The van der Waals surface area contributed by atoms with Crippen LogP contribution in [0.3, 0.4) is 0 Å². The summed E-state index contributed by atoms with van der Waals surface area (Å²) in [5, 5.41) is 21.4. The van der Waals surface area contributed by atoms with E-state index in [9.17, 15) is 14.7 Å². The second-order valence-corrected chi connectivity index (χ2v) is 16.9. The van der Waals surface area contributed by atoms with Crippen LogP contribution in [0.4, 0.5) is 4.79 Å². The minimum atomic E-state index is -0.187. The summed E-state index contributed by atoms with van der Waals surface area (Å²) in [6, 6.07) is 19.9. The number of urea groups is 1. The fourth-order valence-corrected chi connectivity index (χ4v) is 9.82. The van der Waals surface area contributed by atoms with E-state index < -0.39 is 0 Å². The van der Waals surface area contributed by atoms with Crippen molar-refractivity contribution in [2.45, 2.75) is 83.0 Å². The number of carbonyl (C=O) groups excluding carboxylic acids is 2. The number of fused-ring (bicyclic) bond motifs is 4. The van der Waals surface area contributed by atoms with Gasteiger partial charge in [0, 0.05) is 109 Å². The van der Waals surface area contributed by atoms with Gasteiger partial charge in [0.2, 0.25) is 5.91 Å². The second kappa shape index (κ2) is 19.6. The number of pyridine rings is 1. The highest BCUT2D eigenvalue weighted by Crippen LogP contribution is 2.43. The first kappa shape index (κ1) is 43.1. The number of rotatable bonds is 10. The second-order valence-electron chi connectivity index (χ2n) is 16.9. The molecule has 5 aromatic rings. The quantitative estimate of drug-likeness (QED) is 0.106. The van der Waals surface area contributed by atoms with Crippen molar-refractivity contribution >= 4 is 39.3 Å². The van der Waals surface area contributed by atoms with Crippen molar-refractivity contribution in [2.75, 3.05) is 60.5 Å². The number of likely N-dealkylation sites (N-methyl/N-ethyl adjacent to an activating group) is 3. The summed E-state index contributed by atoms with van der Waals surface area (Å²) in [5.41, 5.74) is 10.3. The van der Waals surface area contributed by atoms with Crippen LogP contribution in [0.5, 0.6) is 0 Å². The number of aromatic nitrogens is 3. The van der Waals surface area contributed by atoms with Crippen LogP contribution < -0.4 is 16.0 Å². The Kier molecular flexibility index (Phi) is 14.1. The van der Waals surface area contributed by atoms with Gasteiger partial charge in [0.25, 0.3) is 0 Å². The summed E-state index contributed by atoms with van der Waals surface area (Å²) in [6.45, 7) is 10.1. The minimum absolute atomic E-state index is 0.00532. The molecule has 3 aromatic heterocycles. The molecular formula is C48H65N9O3. The van der Waals surface area contributed by atoms with Crippen LogP contribution in [0, 0.1) is 5.92 Å². The van der Waals surface area contributed by atoms with Crippen LogP contribution >= 0.6 is 0 Å². The number of H-pyrrole nitrogens is 2. The van der Waals surface area contributed by atoms with E-state index in [2.05, 4.69) is 110 Å². The Morgan fingerprint density at radius 1 is 0.917 bits per heavy atom. The molecule has 9 rings (SSSR count). The minimum Gasteiger partial charge on any atom is -0.394 e. The maximum Gasteiger partial charge on any atom is 0.317 e. The van der Waals surface area contributed by atoms with Gasteiger partial charge in [-0.05, 0) is 113 Å². The SMILES string of the molecule is CCN(CC)C(=O)N[C@H]1C[C@@H]2c3cccc4[nH]cc(c34)C[C@H]2N(C)C1.CC[C@@H](CO)NC(=O)[C@@H]1C=C2c3cccc4[nH]cc(c34)C[C@H]2N(C)C1.CNCCc1ccccn1. The van der Waals surface area contributed by atoms with E-state index in [1.54, 1.807) is 0 Å². The lowest BCUT2D eigenvalue weighted by molar-refractivity contribution is -0.125. The zero-order chi connectivity index (χ0) is 42.3. The van der Waals surface area contributed by atoms with Gasteiger partial charge in [-0.1, -0.05) is 43.3 Å². The lowest BCUT2D eigenvalue weighted by atomic mass is 9.74. The number of aliphatic hydroxyl groups is 1. The first-order valence-corrected chi connectivity index (χ1v) is 22.0. The Bertz CT molecular complexity index is 2240. The maximum atomic E-state index is 12.7. The predicted octanol–water partition coefficient (Wildman–Crippen LogP) is 5.70. The average molecular weight is 816 g/mol. The van der Waals surface area contributed by atoms with Gasteiger partial charge in [0.1, 0.15) is 0 Å². The first-order valence-electron chi connectivity index (χ1n) is 22.0. The van der Waals surface area contributed by atoms with E-state index in [1.807, 2.05) is 57.1 Å². The average Bonchev–Trinajstić information content (AvgIpc) is 3.89. The Labute approximate surface area is 355 Å². The molecular weight excluding hydrogens is 751 g/mol. The summed E-state index contributed by atoms with van der Waals surface area (Å²) in [4.78, 5) is 42.7. The Morgan fingerprint density at radius 3 is 2.33 bits per heavy atom. The lowest BCUT2D eigenvalue weighted by Crippen LogP contribution is -2.56. The summed E-state index contributed by atoms with van der Waals surface area (Å²) in [7, 11) is 6.24. The van der Waals surface area contributed by atoms with Crippen LogP contribution in [-0.4, -0.2) is 131 Å². The molecule has 6 atom stereocenters. The van der Waals surface area contributed by atoms with Crippen molar-refractivity contribution < 1.29 is 14.7 Å². The third kappa shape index (κ3) is 9.17. The molecule has 0 unspecified atom stereocenters. The van der Waals surface area contributed by atoms with Crippen LogP contribution in [0.15, 0.2) is 79.3 Å². The van der Waals surface area contributed by atoms with Crippen molar-refractivity contribution in [3.05, 3.63) is 107 Å². The van der Waals surface area contributed by atoms with Crippen LogP contribution in [-0.2, 0) is 24.1 Å². The third-order valence-corrected chi connectivity index (χ3v) is 13.1. The molecule has 0 radical (unpaired) electrons. The van der Waals surface area contributed by atoms with E-state index >= 15 is 0 Å². The molecule has 0 spiro atoms. The van der Waals surface area contributed by atoms with Crippen molar-refractivity contribution in [1.29, 1.82) is 0 Å². The molecule has 0 bridgehead atoms. The van der Waals surface area contributed by atoms with E-state index in [0.717, 1.165) is 69.5 Å². The molecule has 2 aromatic carbocycles. The number of amides is 3. The molecule has 320 valence electrons. The molecule has 2 aliphatic heterocycles. The summed E-state index contributed by atoms with van der Waals surface area (Å²) in [5.74, 6) is 0.297. The van der Waals surface area contributed by atoms with Crippen molar-refractivity contribution in [1.82, 2.24) is 45.6 Å². The van der Waals surface area contributed by atoms with Crippen molar-refractivity contribution in [3.8, 4) is 0 Å². The lowest BCUT2D eigenvalue weighted by Gasteiger charge is -2.45. The zero-order valence-electron chi connectivity index (χ0n) is 36.3. The molecule has 1 fully saturated rings. The molecule has 3 amide bonds. The highest BCUT2D eigenvalue weighted by molar-refractivity contribution is 5.99. The van der Waals surface area contributed by atoms with Gasteiger partial charge in [-0.15, -0.1) is 0 Å². The molecule has 12 heteroatoms. The number of aromatic amines is 2. The monoisotopic (exact) mass is 816 g/mol. The third-order valence-electron chi connectivity index (χ3n) is 13.1. The number of benzene rings is 2.